The van der Waals surface area contributed by atoms with Crippen LogP contribution >= 0.6 is 0 Å². The van der Waals surface area contributed by atoms with Gasteiger partial charge in [-0.15, -0.1) is 0 Å². The largest absolute Gasteiger partial charge is 0.396 e. The maximum Gasteiger partial charge on any atom is 0.274 e. The van der Waals surface area contributed by atoms with Gasteiger partial charge >= 0.3 is 0 Å². The summed E-state index contributed by atoms with van der Waals surface area (Å²) in [6.07, 6.45) is 4.61. The molecule has 0 spiro atoms. The number of nitrogens with two attached hydrogens (primary N) is 2. The molecular weight excluding hydrogens is 258 g/mol. The van der Waals surface area contributed by atoms with Crippen LogP contribution in [0.4, 0.5) is 5.69 Å². The Labute approximate surface area is 117 Å². The van der Waals surface area contributed by atoms with Crippen molar-refractivity contribution in [1.29, 1.82) is 0 Å². The number of nitrogen functional groups attached to an aromatic ring is 1. The fourth-order valence-corrected chi connectivity index (χ4v) is 2.55. The summed E-state index contributed by atoms with van der Waals surface area (Å²) in [5.41, 5.74) is 11.7. The number of hydrogen-bond acceptors (Lipinski definition) is 4. The van der Waals surface area contributed by atoms with Crippen molar-refractivity contribution >= 4 is 17.5 Å². The van der Waals surface area contributed by atoms with E-state index < -0.39 is 0 Å². The average molecular weight is 279 g/mol. The third kappa shape index (κ3) is 3.09. The first-order valence-electron chi connectivity index (χ1n) is 6.94. The average Bonchev–Trinajstić information content (AvgIpc) is 2.80. The molecule has 2 amide bonds. The van der Waals surface area contributed by atoms with Gasteiger partial charge in [-0.2, -0.15) is 5.10 Å². The number of hydrogen-bond donors (Lipinski definition) is 3. The van der Waals surface area contributed by atoms with E-state index in [9.17, 15) is 9.59 Å². The SMILES string of the molecule is CCn1cc(N)c(C(=O)NC2CCC(C(N)=O)CC2)n1. The highest BCUT2D eigenvalue weighted by molar-refractivity contribution is 5.97. The highest BCUT2D eigenvalue weighted by Gasteiger charge is 2.26. The summed E-state index contributed by atoms with van der Waals surface area (Å²) in [6, 6.07) is 0.0595. The van der Waals surface area contributed by atoms with Crippen LogP contribution in [-0.4, -0.2) is 27.6 Å². The Balaban J connectivity index is 1.92. The molecule has 0 bridgehead atoms. The number of primary amides is 1. The monoisotopic (exact) mass is 279 g/mol. The van der Waals surface area contributed by atoms with Gasteiger partial charge < -0.3 is 16.8 Å². The lowest BCUT2D eigenvalue weighted by atomic mass is 9.85. The Bertz CT molecular complexity index is 503. The van der Waals surface area contributed by atoms with Crippen LogP contribution in [0.3, 0.4) is 0 Å². The number of aryl methyl sites for hydroxylation is 1. The number of amides is 2. The Kier molecular flexibility index (Phi) is 4.26. The third-order valence-corrected chi connectivity index (χ3v) is 3.79. The molecule has 7 heteroatoms. The van der Waals surface area contributed by atoms with Gasteiger partial charge in [0.2, 0.25) is 5.91 Å². The van der Waals surface area contributed by atoms with E-state index in [1.54, 1.807) is 10.9 Å². The van der Waals surface area contributed by atoms with Crippen molar-refractivity contribution < 1.29 is 9.59 Å². The summed E-state index contributed by atoms with van der Waals surface area (Å²) < 4.78 is 1.63. The van der Waals surface area contributed by atoms with Crippen molar-refractivity contribution in [1.82, 2.24) is 15.1 Å². The minimum atomic E-state index is -0.253. The van der Waals surface area contributed by atoms with Gasteiger partial charge in [-0.25, -0.2) is 0 Å². The molecule has 0 unspecified atom stereocenters. The molecule has 110 valence electrons. The lowest BCUT2D eigenvalue weighted by molar-refractivity contribution is -0.122. The Morgan fingerprint density at radius 2 is 2.05 bits per heavy atom. The van der Waals surface area contributed by atoms with Crippen LogP contribution in [0.25, 0.3) is 0 Å². The molecule has 2 rings (SSSR count). The van der Waals surface area contributed by atoms with E-state index in [1.807, 2.05) is 6.92 Å². The molecule has 20 heavy (non-hydrogen) atoms. The first-order chi connectivity index (χ1) is 9.51. The molecule has 1 aromatic heterocycles. The predicted molar refractivity (Wildman–Crippen MR) is 74.7 cm³/mol. The van der Waals surface area contributed by atoms with E-state index in [4.69, 9.17) is 11.5 Å². The van der Waals surface area contributed by atoms with Crippen LogP contribution < -0.4 is 16.8 Å². The Morgan fingerprint density at radius 3 is 2.55 bits per heavy atom. The van der Waals surface area contributed by atoms with Crippen molar-refractivity contribution in [3.63, 3.8) is 0 Å². The van der Waals surface area contributed by atoms with Gasteiger partial charge in [-0.1, -0.05) is 0 Å². The van der Waals surface area contributed by atoms with Gasteiger partial charge in [0.25, 0.3) is 5.91 Å². The number of nitrogens with one attached hydrogen (secondary N) is 1. The smallest absolute Gasteiger partial charge is 0.274 e. The molecule has 7 nitrogen and oxygen atoms in total. The maximum atomic E-state index is 12.1. The van der Waals surface area contributed by atoms with Crippen molar-refractivity contribution in [3.05, 3.63) is 11.9 Å². The van der Waals surface area contributed by atoms with Gasteiger partial charge in [0, 0.05) is 24.7 Å². The van der Waals surface area contributed by atoms with Gasteiger partial charge in [0.05, 0.1) is 5.69 Å². The van der Waals surface area contributed by atoms with Crippen LogP contribution in [0.5, 0.6) is 0 Å². The van der Waals surface area contributed by atoms with Gasteiger partial charge in [0.1, 0.15) is 0 Å². The summed E-state index contributed by atoms with van der Waals surface area (Å²) in [7, 11) is 0. The van der Waals surface area contributed by atoms with Gasteiger partial charge in [-0.3, -0.25) is 14.3 Å². The van der Waals surface area contributed by atoms with Crippen LogP contribution in [-0.2, 0) is 11.3 Å². The molecule has 1 aliphatic rings. The predicted octanol–water partition coefficient (Wildman–Crippen LogP) is 0.259. The van der Waals surface area contributed by atoms with Crippen molar-refractivity contribution in [2.75, 3.05) is 5.73 Å². The molecule has 0 atom stereocenters. The topological polar surface area (TPSA) is 116 Å². The number of rotatable bonds is 4. The van der Waals surface area contributed by atoms with Gasteiger partial charge in [0.15, 0.2) is 5.69 Å². The molecule has 5 N–H and O–H groups in total. The van der Waals surface area contributed by atoms with Crippen LogP contribution in [0.2, 0.25) is 0 Å². The molecular formula is C13H21N5O2. The fourth-order valence-electron chi connectivity index (χ4n) is 2.55. The van der Waals surface area contributed by atoms with E-state index in [0.29, 0.717) is 12.2 Å². The van der Waals surface area contributed by atoms with Crippen LogP contribution in [0.15, 0.2) is 6.20 Å². The molecule has 1 saturated carbocycles. The molecule has 1 fully saturated rings. The summed E-state index contributed by atoms with van der Waals surface area (Å²) in [4.78, 5) is 23.2. The lowest BCUT2D eigenvalue weighted by Gasteiger charge is -2.27. The molecule has 1 aliphatic carbocycles. The third-order valence-electron chi connectivity index (χ3n) is 3.79. The summed E-state index contributed by atoms with van der Waals surface area (Å²) in [5, 5.41) is 7.07. The van der Waals surface area contributed by atoms with Gasteiger partial charge in [-0.05, 0) is 32.6 Å². The summed E-state index contributed by atoms with van der Waals surface area (Å²) >= 11 is 0. The first-order valence-corrected chi connectivity index (χ1v) is 6.94. The summed E-state index contributed by atoms with van der Waals surface area (Å²) in [5.74, 6) is -0.564. The minimum Gasteiger partial charge on any atom is -0.396 e. The number of nitrogens with zero attached hydrogens (tertiary/aromatic N) is 2. The number of carbonyl (C=O) groups excluding carboxylic acids is 2. The quantitative estimate of drug-likeness (QED) is 0.733. The van der Waals surface area contributed by atoms with Crippen LogP contribution in [0.1, 0.15) is 43.1 Å². The van der Waals surface area contributed by atoms with Crippen molar-refractivity contribution in [2.45, 2.75) is 45.2 Å². The van der Waals surface area contributed by atoms with E-state index in [1.165, 1.54) is 0 Å². The number of anilines is 1. The standard InChI is InChI=1S/C13H21N5O2/c1-2-18-7-10(14)11(17-18)13(20)16-9-5-3-8(4-6-9)12(15)19/h7-9H,2-6,14H2,1H3,(H2,15,19)(H,16,20). The molecule has 0 aromatic carbocycles. The fraction of sp³-hybridized carbons (Fsp3) is 0.615. The molecule has 0 saturated heterocycles. The number of aromatic nitrogens is 2. The van der Waals surface area contributed by atoms with E-state index in [0.717, 1.165) is 25.7 Å². The number of carbonyl (C=O) groups is 2. The Hall–Kier alpha value is -2.05. The van der Waals surface area contributed by atoms with E-state index >= 15 is 0 Å². The highest BCUT2D eigenvalue weighted by atomic mass is 16.2. The molecule has 0 aliphatic heterocycles. The minimum absolute atomic E-state index is 0.0595. The maximum absolute atomic E-state index is 12.1. The molecule has 1 heterocycles. The van der Waals surface area contributed by atoms with Crippen LogP contribution in [0, 0.1) is 5.92 Å². The van der Waals surface area contributed by atoms with Crippen molar-refractivity contribution in [3.8, 4) is 0 Å². The van der Waals surface area contributed by atoms with Crippen molar-refractivity contribution in [2.24, 2.45) is 11.7 Å². The highest BCUT2D eigenvalue weighted by Crippen LogP contribution is 2.24. The summed E-state index contributed by atoms with van der Waals surface area (Å²) in [6.45, 7) is 2.60. The zero-order chi connectivity index (χ0) is 14.7. The zero-order valence-corrected chi connectivity index (χ0v) is 11.6. The first kappa shape index (κ1) is 14.4. The van der Waals surface area contributed by atoms with E-state index in [2.05, 4.69) is 10.4 Å². The normalized spacial score (nSPS) is 22.4. The molecule has 0 radical (unpaired) electrons. The lowest BCUT2D eigenvalue weighted by Crippen LogP contribution is -2.40. The Morgan fingerprint density at radius 1 is 1.40 bits per heavy atom. The second-order valence-electron chi connectivity index (χ2n) is 5.21. The second kappa shape index (κ2) is 5.94. The zero-order valence-electron chi connectivity index (χ0n) is 11.6. The second-order valence-corrected chi connectivity index (χ2v) is 5.21. The van der Waals surface area contributed by atoms with E-state index in [-0.39, 0.29) is 29.5 Å². The molecule has 1 aromatic rings.